The van der Waals surface area contributed by atoms with Crippen LogP contribution in [0, 0.1) is 5.92 Å². The Morgan fingerprint density at radius 3 is 2.67 bits per heavy atom. The minimum atomic E-state index is -0.699. The van der Waals surface area contributed by atoms with Gasteiger partial charge in [-0.05, 0) is 37.5 Å². The summed E-state index contributed by atoms with van der Waals surface area (Å²) in [6, 6.07) is 7.89. The van der Waals surface area contributed by atoms with E-state index in [0.29, 0.717) is 13.0 Å². The zero-order valence-electron chi connectivity index (χ0n) is 11.2. The van der Waals surface area contributed by atoms with E-state index in [0.717, 1.165) is 30.8 Å². The Hall–Kier alpha value is -1.06. The first-order valence-electron chi connectivity index (χ1n) is 6.55. The van der Waals surface area contributed by atoms with Crippen molar-refractivity contribution < 1.29 is 14.6 Å². The highest BCUT2D eigenvalue weighted by atomic mass is 16.5. The second-order valence-electron chi connectivity index (χ2n) is 5.30. The fraction of sp³-hybridized carbons (Fsp3) is 0.600. The van der Waals surface area contributed by atoms with Gasteiger partial charge in [0.1, 0.15) is 5.75 Å². The Morgan fingerprint density at radius 2 is 2.11 bits per heavy atom. The molecule has 3 heteroatoms. The molecule has 2 atom stereocenters. The first-order valence-corrected chi connectivity index (χ1v) is 6.55. The van der Waals surface area contributed by atoms with Crippen LogP contribution in [0.4, 0.5) is 0 Å². The average molecular weight is 250 g/mol. The summed E-state index contributed by atoms with van der Waals surface area (Å²) in [6.07, 6.45) is 2.75. The standard InChI is InChI=1S/C15H22O3/c1-15(16,13-4-3-9-18-11-13)10-12-5-7-14(17-2)8-6-12/h5-8,13,16H,3-4,9-11H2,1-2H3. The third kappa shape index (κ3) is 3.24. The zero-order chi connectivity index (χ0) is 13.0. The van der Waals surface area contributed by atoms with E-state index in [1.54, 1.807) is 7.11 Å². The molecule has 1 heterocycles. The summed E-state index contributed by atoms with van der Waals surface area (Å²) in [5, 5.41) is 10.6. The molecule has 1 N–H and O–H groups in total. The van der Waals surface area contributed by atoms with Crippen molar-refractivity contribution in [2.45, 2.75) is 31.8 Å². The number of benzene rings is 1. The lowest BCUT2D eigenvalue weighted by molar-refractivity contribution is -0.0673. The molecule has 0 saturated carbocycles. The van der Waals surface area contributed by atoms with E-state index in [4.69, 9.17) is 9.47 Å². The maximum Gasteiger partial charge on any atom is 0.118 e. The van der Waals surface area contributed by atoms with E-state index in [9.17, 15) is 5.11 Å². The molecular weight excluding hydrogens is 228 g/mol. The van der Waals surface area contributed by atoms with E-state index in [1.165, 1.54) is 0 Å². The Morgan fingerprint density at radius 1 is 1.39 bits per heavy atom. The highest BCUT2D eigenvalue weighted by Gasteiger charge is 2.33. The predicted octanol–water partition coefficient (Wildman–Crippen LogP) is 2.42. The van der Waals surface area contributed by atoms with E-state index < -0.39 is 5.60 Å². The fourth-order valence-corrected chi connectivity index (χ4v) is 2.53. The Balaban J connectivity index is 2.01. The lowest BCUT2D eigenvalue weighted by Gasteiger charge is -2.35. The van der Waals surface area contributed by atoms with Crippen molar-refractivity contribution in [2.24, 2.45) is 5.92 Å². The molecule has 1 saturated heterocycles. The number of aliphatic hydroxyl groups is 1. The number of methoxy groups -OCH3 is 1. The number of hydrogen-bond acceptors (Lipinski definition) is 3. The Bertz CT molecular complexity index is 364. The first-order chi connectivity index (χ1) is 8.62. The summed E-state index contributed by atoms with van der Waals surface area (Å²) in [5.74, 6) is 1.08. The molecular formula is C15H22O3. The molecule has 1 aliphatic heterocycles. The highest BCUT2D eigenvalue weighted by molar-refractivity contribution is 5.28. The molecule has 0 amide bonds. The summed E-state index contributed by atoms with van der Waals surface area (Å²) < 4.78 is 10.6. The largest absolute Gasteiger partial charge is 0.497 e. The third-order valence-electron chi connectivity index (χ3n) is 3.76. The van der Waals surface area contributed by atoms with Crippen LogP contribution in [0.1, 0.15) is 25.3 Å². The minimum absolute atomic E-state index is 0.230. The second-order valence-corrected chi connectivity index (χ2v) is 5.30. The second kappa shape index (κ2) is 5.72. The summed E-state index contributed by atoms with van der Waals surface area (Å²) in [4.78, 5) is 0. The van der Waals surface area contributed by atoms with Crippen LogP contribution in [0.2, 0.25) is 0 Å². The van der Waals surface area contributed by atoms with Gasteiger partial charge in [-0.1, -0.05) is 12.1 Å². The fourth-order valence-electron chi connectivity index (χ4n) is 2.53. The van der Waals surface area contributed by atoms with Gasteiger partial charge in [0.2, 0.25) is 0 Å². The van der Waals surface area contributed by atoms with E-state index in [-0.39, 0.29) is 5.92 Å². The van der Waals surface area contributed by atoms with Crippen molar-refractivity contribution in [3.05, 3.63) is 29.8 Å². The van der Waals surface area contributed by atoms with Gasteiger partial charge in [-0.25, -0.2) is 0 Å². The number of hydrogen-bond donors (Lipinski definition) is 1. The van der Waals surface area contributed by atoms with Crippen molar-refractivity contribution in [3.63, 3.8) is 0 Å². The molecule has 3 nitrogen and oxygen atoms in total. The molecule has 1 aromatic rings. The van der Waals surface area contributed by atoms with Gasteiger partial charge in [0, 0.05) is 18.9 Å². The predicted molar refractivity (Wildman–Crippen MR) is 70.9 cm³/mol. The Labute approximate surface area is 109 Å². The van der Waals surface area contributed by atoms with Crippen LogP contribution in [0.15, 0.2) is 24.3 Å². The van der Waals surface area contributed by atoms with Gasteiger partial charge in [0.15, 0.2) is 0 Å². The molecule has 100 valence electrons. The van der Waals surface area contributed by atoms with Crippen molar-refractivity contribution in [1.29, 1.82) is 0 Å². The number of rotatable bonds is 4. The van der Waals surface area contributed by atoms with Crippen LogP contribution in [0.5, 0.6) is 5.75 Å². The maximum absolute atomic E-state index is 10.6. The van der Waals surface area contributed by atoms with Crippen LogP contribution in [-0.2, 0) is 11.2 Å². The Kier molecular flexibility index (Phi) is 4.25. The molecule has 1 fully saturated rings. The molecule has 2 unspecified atom stereocenters. The lowest BCUT2D eigenvalue weighted by Crippen LogP contribution is -2.41. The molecule has 1 aromatic carbocycles. The number of ether oxygens (including phenoxy) is 2. The van der Waals surface area contributed by atoms with Gasteiger partial charge >= 0.3 is 0 Å². The lowest BCUT2D eigenvalue weighted by atomic mass is 9.81. The minimum Gasteiger partial charge on any atom is -0.497 e. The smallest absolute Gasteiger partial charge is 0.118 e. The van der Waals surface area contributed by atoms with Crippen molar-refractivity contribution in [2.75, 3.05) is 20.3 Å². The van der Waals surface area contributed by atoms with Crippen LogP contribution in [0.3, 0.4) is 0 Å². The van der Waals surface area contributed by atoms with Gasteiger partial charge in [0.25, 0.3) is 0 Å². The summed E-state index contributed by atoms with van der Waals surface area (Å²) in [5.41, 5.74) is 0.432. The van der Waals surface area contributed by atoms with Crippen molar-refractivity contribution in [1.82, 2.24) is 0 Å². The monoisotopic (exact) mass is 250 g/mol. The van der Waals surface area contributed by atoms with Crippen LogP contribution >= 0.6 is 0 Å². The molecule has 0 aliphatic carbocycles. The van der Waals surface area contributed by atoms with Gasteiger partial charge < -0.3 is 14.6 Å². The summed E-state index contributed by atoms with van der Waals surface area (Å²) in [7, 11) is 1.66. The summed E-state index contributed by atoms with van der Waals surface area (Å²) in [6.45, 7) is 3.41. The first kappa shape index (κ1) is 13.4. The van der Waals surface area contributed by atoms with Gasteiger partial charge in [-0.15, -0.1) is 0 Å². The van der Waals surface area contributed by atoms with Crippen LogP contribution < -0.4 is 4.74 Å². The van der Waals surface area contributed by atoms with Gasteiger partial charge in [0.05, 0.1) is 19.3 Å². The van der Waals surface area contributed by atoms with E-state index in [1.807, 2.05) is 31.2 Å². The molecule has 0 spiro atoms. The normalized spacial score (nSPS) is 23.4. The quantitative estimate of drug-likeness (QED) is 0.892. The van der Waals surface area contributed by atoms with Gasteiger partial charge in [-0.3, -0.25) is 0 Å². The highest BCUT2D eigenvalue weighted by Crippen LogP contribution is 2.29. The third-order valence-corrected chi connectivity index (χ3v) is 3.76. The summed E-state index contributed by atoms with van der Waals surface area (Å²) >= 11 is 0. The maximum atomic E-state index is 10.6. The van der Waals surface area contributed by atoms with Crippen molar-refractivity contribution >= 4 is 0 Å². The van der Waals surface area contributed by atoms with Crippen LogP contribution in [-0.4, -0.2) is 31.0 Å². The zero-order valence-corrected chi connectivity index (χ0v) is 11.2. The molecule has 0 aromatic heterocycles. The molecule has 2 rings (SSSR count). The van der Waals surface area contributed by atoms with Crippen molar-refractivity contribution in [3.8, 4) is 5.75 Å². The van der Waals surface area contributed by atoms with E-state index >= 15 is 0 Å². The SMILES string of the molecule is COc1ccc(CC(C)(O)C2CCCOC2)cc1. The molecule has 1 aliphatic rings. The molecule has 0 radical (unpaired) electrons. The average Bonchev–Trinajstić information content (AvgIpc) is 2.40. The van der Waals surface area contributed by atoms with Crippen LogP contribution in [0.25, 0.3) is 0 Å². The molecule has 18 heavy (non-hydrogen) atoms. The topological polar surface area (TPSA) is 38.7 Å². The van der Waals surface area contributed by atoms with Gasteiger partial charge in [-0.2, -0.15) is 0 Å². The van der Waals surface area contributed by atoms with E-state index in [2.05, 4.69) is 0 Å². The molecule has 0 bridgehead atoms.